The summed E-state index contributed by atoms with van der Waals surface area (Å²) in [6, 6.07) is 7.45. The first-order valence-corrected chi connectivity index (χ1v) is 6.34. The average Bonchev–Trinajstić information content (AvgIpc) is 2.37. The molecule has 0 aliphatic heterocycles. The quantitative estimate of drug-likeness (QED) is 0.718. The summed E-state index contributed by atoms with van der Waals surface area (Å²) < 4.78 is 5.33. The number of carbonyl (C=O) groups excluding carboxylic acids is 2. The van der Waals surface area contributed by atoms with Gasteiger partial charge in [0.1, 0.15) is 5.75 Å². The Balaban J connectivity index is 2.29. The number of carbonyl (C=O) groups is 2. The molecule has 0 saturated carbocycles. The summed E-state index contributed by atoms with van der Waals surface area (Å²) in [5, 5.41) is 5.36. The van der Waals surface area contributed by atoms with Gasteiger partial charge in [-0.2, -0.15) is 0 Å². The summed E-state index contributed by atoms with van der Waals surface area (Å²) in [6.45, 7) is 4.89. The third-order valence-electron chi connectivity index (χ3n) is 2.42. The molecule has 1 aromatic rings. The monoisotopic (exact) mass is 264 g/mol. The van der Waals surface area contributed by atoms with Crippen LogP contribution in [-0.2, 0) is 16.0 Å². The topological polar surface area (TPSA) is 67.4 Å². The van der Waals surface area contributed by atoms with E-state index in [0.29, 0.717) is 26.1 Å². The van der Waals surface area contributed by atoms with Crippen LogP contribution in [0.15, 0.2) is 24.3 Å². The van der Waals surface area contributed by atoms with Crippen LogP contribution in [0.25, 0.3) is 0 Å². The molecule has 0 aliphatic rings. The highest BCUT2D eigenvalue weighted by molar-refractivity contribution is 5.78. The third kappa shape index (κ3) is 6.45. The van der Waals surface area contributed by atoms with E-state index in [4.69, 9.17) is 4.74 Å². The first kappa shape index (κ1) is 15.0. The fourth-order valence-electron chi connectivity index (χ4n) is 1.56. The highest BCUT2D eigenvalue weighted by atomic mass is 16.5. The van der Waals surface area contributed by atoms with Crippen molar-refractivity contribution in [2.45, 2.75) is 20.3 Å². The molecule has 0 aromatic heterocycles. The lowest BCUT2D eigenvalue weighted by Gasteiger charge is -2.07. The van der Waals surface area contributed by atoms with Crippen molar-refractivity contribution in [3.05, 3.63) is 29.8 Å². The summed E-state index contributed by atoms with van der Waals surface area (Å²) in [7, 11) is 0. The number of rotatable bonds is 7. The van der Waals surface area contributed by atoms with Gasteiger partial charge < -0.3 is 15.4 Å². The summed E-state index contributed by atoms with van der Waals surface area (Å²) >= 11 is 0. The van der Waals surface area contributed by atoms with E-state index in [-0.39, 0.29) is 11.8 Å². The van der Waals surface area contributed by atoms with Crippen molar-refractivity contribution < 1.29 is 14.3 Å². The number of benzene rings is 1. The van der Waals surface area contributed by atoms with Gasteiger partial charge in [0.2, 0.25) is 11.8 Å². The molecule has 0 fully saturated rings. The molecule has 0 spiro atoms. The highest BCUT2D eigenvalue weighted by Crippen LogP contribution is 2.12. The number of hydrogen-bond acceptors (Lipinski definition) is 3. The van der Waals surface area contributed by atoms with Gasteiger partial charge in [-0.1, -0.05) is 12.1 Å². The molecule has 2 amide bonds. The van der Waals surface area contributed by atoms with E-state index in [0.717, 1.165) is 11.3 Å². The largest absolute Gasteiger partial charge is 0.494 e. The Morgan fingerprint density at radius 2 is 1.74 bits per heavy atom. The highest BCUT2D eigenvalue weighted by Gasteiger charge is 2.03. The molecular weight excluding hydrogens is 244 g/mol. The van der Waals surface area contributed by atoms with Gasteiger partial charge in [-0.05, 0) is 24.6 Å². The first-order chi connectivity index (χ1) is 9.11. The van der Waals surface area contributed by atoms with Gasteiger partial charge in [-0.3, -0.25) is 9.59 Å². The number of amides is 2. The number of ether oxygens (including phenoxy) is 1. The predicted molar refractivity (Wildman–Crippen MR) is 73.0 cm³/mol. The smallest absolute Gasteiger partial charge is 0.224 e. The molecule has 0 saturated heterocycles. The van der Waals surface area contributed by atoms with Crippen LogP contribution in [-0.4, -0.2) is 31.5 Å². The van der Waals surface area contributed by atoms with Gasteiger partial charge in [0.15, 0.2) is 0 Å². The number of hydrogen-bond donors (Lipinski definition) is 2. The first-order valence-electron chi connectivity index (χ1n) is 6.34. The molecule has 19 heavy (non-hydrogen) atoms. The summed E-state index contributed by atoms with van der Waals surface area (Å²) in [6.07, 6.45) is 0.326. The van der Waals surface area contributed by atoms with Gasteiger partial charge in [-0.15, -0.1) is 0 Å². The minimum atomic E-state index is -0.0965. The van der Waals surface area contributed by atoms with Crippen LogP contribution in [0.1, 0.15) is 19.4 Å². The zero-order valence-electron chi connectivity index (χ0n) is 11.4. The van der Waals surface area contributed by atoms with Crippen LogP contribution >= 0.6 is 0 Å². The SMILES string of the molecule is CCOc1ccc(CC(=O)NCCNC(C)=O)cc1. The van der Waals surface area contributed by atoms with Crippen molar-refractivity contribution in [1.29, 1.82) is 0 Å². The molecule has 1 rings (SSSR count). The Bertz CT molecular complexity index is 415. The van der Waals surface area contributed by atoms with E-state index in [2.05, 4.69) is 10.6 Å². The Morgan fingerprint density at radius 3 is 2.32 bits per heavy atom. The van der Waals surface area contributed by atoms with Crippen molar-refractivity contribution in [1.82, 2.24) is 10.6 Å². The number of nitrogens with one attached hydrogen (secondary N) is 2. The lowest BCUT2D eigenvalue weighted by molar-refractivity contribution is -0.121. The van der Waals surface area contributed by atoms with E-state index < -0.39 is 0 Å². The maximum absolute atomic E-state index is 11.6. The maximum atomic E-state index is 11.6. The van der Waals surface area contributed by atoms with E-state index in [9.17, 15) is 9.59 Å². The lowest BCUT2D eigenvalue weighted by Crippen LogP contribution is -2.34. The molecule has 0 heterocycles. The normalized spacial score (nSPS) is 9.79. The zero-order valence-corrected chi connectivity index (χ0v) is 11.4. The van der Waals surface area contributed by atoms with Crippen molar-refractivity contribution >= 4 is 11.8 Å². The van der Waals surface area contributed by atoms with E-state index in [1.165, 1.54) is 6.92 Å². The van der Waals surface area contributed by atoms with E-state index >= 15 is 0 Å². The maximum Gasteiger partial charge on any atom is 0.224 e. The van der Waals surface area contributed by atoms with Crippen LogP contribution in [0, 0.1) is 0 Å². The van der Waals surface area contributed by atoms with Crippen molar-refractivity contribution in [3.63, 3.8) is 0 Å². The molecule has 0 aliphatic carbocycles. The molecule has 0 radical (unpaired) electrons. The van der Waals surface area contributed by atoms with Crippen LogP contribution in [0.4, 0.5) is 0 Å². The molecule has 2 N–H and O–H groups in total. The molecule has 0 unspecified atom stereocenters. The fraction of sp³-hybridized carbons (Fsp3) is 0.429. The molecule has 5 nitrogen and oxygen atoms in total. The Labute approximate surface area is 113 Å². The Morgan fingerprint density at radius 1 is 1.11 bits per heavy atom. The fourth-order valence-corrected chi connectivity index (χ4v) is 1.56. The summed E-state index contributed by atoms with van der Waals surface area (Å²) in [4.78, 5) is 22.2. The molecule has 104 valence electrons. The van der Waals surface area contributed by atoms with E-state index in [1.54, 1.807) is 0 Å². The van der Waals surface area contributed by atoms with Crippen LogP contribution < -0.4 is 15.4 Å². The standard InChI is InChI=1S/C14H20N2O3/c1-3-19-13-6-4-12(5-7-13)10-14(18)16-9-8-15-11(2)17/h4-7H,3,8-10H2,1-2H3,(H,15,17)(H,16,18). The van der Waals surface area contributed by atoms with Crippen LogP contribution in [0.3, 0.4) is 0 Å². The van der Waals surface area contributed by atoms with Crippen molar-refractivity contribution in [2.75, 3.05) is 19.7 Å². The minimum absolute atomic E-state index is 0.0606. The van der Waals surface area contributed by atoms with Gasteiger partial charge in [0.05, 0.1) is 13.0 Å². The third-order valence-corrected chi connectivity index (χ3v) is 2.42. The van der Waals surface area contributed by atoms with Crippen LogP contribution in [0.2, 0.25) is 0 Å². The second kappa shape index (κ2) is 8.13. The van der Waals surface area contributed by atoms with Crippen molar-refractivity contribution in [2.24, 2.45) is 0 Å². The second-order valence-electron chi connectivity index (χ2n) is 4.09. The zero-order chi connectivity index (χ0) is 14.1. The Hall–Kier alpha value is -2.04. The van der Waals surface area contributed by atoms with Gasteiger partial charge >= 0.3 is 0 Å². The lowest BCUT2D eigenvalue weighted by atomic mass is 10.1. The molecular formula is C14H20N2O3. The summed E-state index contributed by atoms with van der Waals surface area (Å²) in [5.74, 6) is 0.646. The van der Waals surface area contributed by atoms with Crippen LogP contribution in [0.5, 0.6) is 5.75 Å². The average molecular weight is 264 g/mol. The molecule has 5 heteroatoms. The predicted octanol–water partition coefficient (Wildman–Crippen LogP) is 0.880. The second-order valence-corrected chi connectivity index (χ2v) is 4.09. The van der Waals surface area contributed by atoms with E-state index in [1.807, 2.05) is 31.2 Å². The molecule has 0 atom stereocenters. The summed E-state index contributed by atoms with van der Waals surface area (Å²) in [5.41, 5.74) is 0.931. The van der Waals surface area contributed by atoms with Gasteiger partial charge in [0, 0.05) is 20.0 Å². The van der Waals surface area contributed by atoms with Crippen molar-refractivity contribution in [3.8, 4) is 5.75 Å². The van der Waals surface area contributed by atoms with Gasteiger partial charge in [-0.25, -0.2) is 0 Å². The van der Waals surface area contributed by atoms with Gasteiger partial charge in [0.25, 0.3) is 0 Å². The molecule has 0 bridgehead atoms. The minimum Gasteiger partial charge on any atom is -0.494 e. The Kier molecular flexibility index (Phi) is 6.43. The molecule has 1 aromatic carbocycles.